The fraction of sp³-hybridized carbons (Fsp3) is 0.167. The van der Waals surface area contributed by atoms with Crippen molar-refractivity contribution in [3.63, 3.8) is 0 Å². The summed E-state index contributed by atoms with van der Waals surface area (Å²) in [6, 6.07) is 7.47. The Morgan fingerprint density at radius 2 is 2.00 bits per heavy atom. The normalized spacial score (nSPS) is 10.2. The standard InChI is InChI=1S/C12H13ClN4O/c1-7-15-11(13)10(14)12(16-7)17-8-5-3-4-6-9(8)18-2/h3-6H,14H2,1-2H3,(H,15,16,17). The fourth-order valence-corrected chi connectivity index (χ4v) is 1.73. The predicted octanol–water partition coefficient (Wildman–Crippen LogP) is 2.77. The summed E-state index contributed by atoms with van der Waals surface area (Å²) in [4.78, 5) is 8.19. The molecule has 0 saturated heterocycles. The van der Waals surface area contributed by atoms with E-state index in [9.17, 15) is 0 Å². The van der Waals surface area contributed by atoms with Crippen molar-refractivity contribution in [1.82, 2.24) is 9.97 Å². The van der Waals surface area contributed by atoms with E-state index in [2.05, 4.69) is 15.3 Å². The number of methoxy groups -OCH3 is 1. The first-order chi connectivity index (χ1) is 8.61. The molecule has 1 aromatic carbocycles. The van der Waals surface area contributed by atoms with Crippen LogP contribution in [-0.2, 0) is 0 Å². The molecule has 18 heavy (non-hydrogen) atoms. The minimum atomic E-state index is 0.236. The summed E-state index contributed by atoms with van der Waals surface area (Å²) in [5, 5.41) is 3.32. The summed E-state index contributed by atoms with van der Waals surface area (Å²) in [6.45, 7) is 1.75. The molecular formula is C12H13ClN4O. The van der Waals surface area contributed by atoms with Gasteiger partial charge >= 0.3 is 0 Å². The Morgan fingerprint density at radius 1 is 1.28 bits per heavy atom. The summed E-state index contributed by atoms with van der Waals surface area (Å²) in [7, 11) is 1.60. The molecule has 1 heterocycles. The van der Waals surface area contributed by atoms with Crippen molar-refractivity contribution < 1.29 is 4.74 Å². The smallest absolute Gasteiger partial charge is 0.159 e. The highest BCUT2D eigenvalue weighted by Gasteiger charge is 2.10. The molecule has 0 aliphatic carbocycles. The van der Waals surface area contributed by atoms with Gasteiger partial charge < -0.3 is 15.8 Å². The minimum Gasteiger partial charge on any atom is -0.495 e. The molecule has 2 rings (SSSR count). The number of hydrogen-bond acceptors (Lipinski definition) is 5. The van der Waals surface area contributed by atoms with E-state index in [-0.39, 0.29) is 5.15 Å². The summed E-state index contributed by atoms with van der Waals surface area (Å²) in [5.74, 6) is 1.72. The van der Waals surface area contributed by atoms with Gasteiger partial charge in [0.25, 0.3) is 0 Å². The number of benzene rings is 1. The van der Waals surface area contributed by atoms with Crippen molar-refractivity contribution in [3.05, 3.63) is 35.2 Å². The van der Waals surface area contributed by atoms with E-state index >= 15 is 0 Å². The van der Waals surface area contributed by atoms with Crippen LogP contribution in [0.15, 0.2) is 24.3 Å². The lowest BCUT2D eigenvalue weighted by molar-refractivity contribution is 0.417. The predicted molar refractivity (Wildman–Crippen MR) is 72.5 cm³/mol. The Morgan fingerprint density at radius 3 is 2.72 bits per heavy atom. The summed E-state index contributed by atoms with van der Waals surface area (Å²) in [6.07, 6.45) is 0. The Hall–Kier alpha value is -2.01. The third-order valence-corrected chi connectivity index (χ3v) is 2.66. The van der Waals surface area contributed by atoms with Crippen LogP contribution < -0.4 is 15.8 Å². The van der Waals surface area contributed by atoms with Crippen LogP contribution in [0.3, 0.4) is 0 Å². The second-order valence-electron chi connectivity index (χ2n) is 3.65. The van der Waals surface area contributed by atoms with Gasteiger partial charge in [-0.05, 0) is 19.1 Å². The SMILES string of the molecule is COc1ccccc1Nc1nc(C)nc(Cl)c1N. The number of hydrogen-bond donors (Lipinski definition) is 2. The van der Waals surface area contributed by atoms with Gasteiger partial charge in [-0.15, -0.1) is 0 Å². The second-order valence-corrected chi connectivity index (χ2v) is 4.01. The number of aromatic nitrogens is 2. The molecular weight excluding hydrogens is 252 g/mol. The third kappa shape index (κ3) is 2.46. The first-order valence-electron chi connectivity index (χ1n) is 5.31. The van der Waals surface area contributed by atoms with Crippen molar-refractivity contribution in [2.24, 2.45) is 0 Å². The van der Waals surface area contributed by atoms with E-state index in [0.29, 0.717) is 23.1 Å². The first-order valence-corrected chi connectivity index (χ1v) is 5.69. The lowest BCUT2D eigenvalue weighted by Gasteiger charge is -2.12. The number of rotatable bonds is 3. The fourth-order valence-electron chi connectivity index (χ4n) is 1.52. The number of aryl methyl sites for hydroxylation is 1. The van der Waals surface area contributed by atoms with Crippen molar-refractivity contribution in [2.45, 2.75) is 6.92 Å². The zero-order chi connectivity index (χ0) is 13.1. The van der Waals surface area contributed by atoms with E-state index in [4.69, 9.17) is 22.1 Å². The molecule has 0 atom stereocenters. The molecule has 94 valence electrons. The molecule has 2 aromatic rings. The molecule has 6 heteroatoms. The number of anilines is 3. The van der Waals surface area contributed by atoms with E-state index in [1.807, 2.05) is 24.3 Å². The van der Waals surface area contributed by atoms with Crippen molar-refractivity contribution in [2.75, 3.05) is 18.2 Å². The maximum atomic E-state index is 5.91. The molecule has 0 radical (unpaired) electrons. The topological polar surface area (TPSA) is 73.1 Å². The molecule has 0 saturated carbocycles. The maximum Gasteiger partial charge on any atom is 0.159 e. The van der Waals surface area contributed by atoms with Crippen LogP contribution in [0, 0.1) is 6.92 Å². The second kappa shape index (κ2) is 5.10. The van der Waals surface area contributed by atoms with Crippen LogP contribution >= 0.6 is 11.6 Å². The Labute approximate surface area is 110 Å². The van der Waals surface area contributed by atoms with Gasteiger partial charge in [0.1, 0.15) is 17.3 Å². The number of ether oxygens (including phenoxy) is 1. The van der Waals surface area contributed by atoms with Crippen LogP contribution in [0.4, 0.5) is 17.2 Å². The van der Waals surface area contributed by atoms with Gasteiger partial charge in [0, 0.05) is 0 Å². The van der Waals surface area contributed by atoms with Crippen LogP contribution in [-0.4, -0.2) is 17.1 Å². The Kier molecular flexibility index (Phi) is 3.53. The summed E-state index contributed by atoms with van der Waals surface area (Å²) >= 11 is 5.91. The summed E-state index contributed by atoms with van der Waals surface area (Å²) < 4.78 is 5.24. The number of nitrogens with two attached hydrogens (primary N) is 1. The van der Waals surface area contributed by atoms with Gasteiger partial charge in [-0.1, -0.05) is 23.7 Å². The molecule has 0 aliphatic heterocycles. The highest BCUT2D eigenvalue weighted by atomic mass is 35.5. The number of nitrogens with one attached hydrogen (secondary N) is 1. The molecule has 5 nitrogen and oxygen atoms in total. The zero-order valence-corrected chi connectivity index (χ0v) is 10.8. The zero-order valence-electron chi connectivity index (χ0n) is 10.1. The molecule has 0 bridgehead atoms. The average molecular weight is 265 g/mol. The molecule has 0 fully saturated rings. The Balaban J connectivity index is 2.40. The van der Waals surface area contributed by atoms with Gasteiger partial charge in [0.15, 0.2) is 11.0 Å². The van der Waals surface area contributed by atoms with E-state index in [1.54, 1.807) is 14.0 Å². The number of para-hydroxylation sites is 2. The lowest BCUT2D eigenvalue weighted by Crippen LogP contribution is -2.04. The van der Waals surface area contributed by atoms with Crippen LogP contribution in [0.2, 0.25) is 5.15 Å². The maximum absolute atomic E-state index is 5.91. The van der Waals surface area contributed by atoms with Gasteiger partial charge in [-0.2, -0.15) is 0 Å². The molecule has 0 spiro atoms. The minimum absolute atomic E-state index is 0.236. The van der Waals surface area contributed by atoms with Gasteiger partial charge in [-0.3, -0.25) is 0 Å². The molecule has 1 aromatic heterocycles. The van der Waals surface area contributed by atoms with Crippen molar-refractivity contribution in [3.8, 4) is 5.75 Å². The number of halogens is 1. The molecule has 0 amide bonds. The first kappa shape index (κ1) is 12.4. The summed E-state index contributed by atoms with van der Waals surface area (Å²) in [5.41, 5.74) is 6.91. The van der Waals surface area contributed by atoms with E-state index in [0.717, 1.165) is 5.69 Å². The largest absolute Gasteiger partial charge is 0.495 e. The highest BCUT2D eigenvalue weighted by Crippen LogP contribution is 2.30. The number of nitrogens with zero attached hydrogens (tertiary/aromatic N) is 2. The van der Waals surface area contributed by atoms with Gasteiger partial charge in [0.05, 0.1) is 12.8 Å². The van der Waals surface area contributed by atoms with Crippen LogP contribution in [0.5, 0.6) is 5.75 Å². The average Bonchev–Trinajstić information content (AvgIpc) is 2.36. The van der Waals surface area contributed by atoms with Crippen LogP contribution in [0.25, 0.3) is 0 Å². The lowest BCUT2D eigenvalue weighted by atomic mass is 10.3. The molecule has 0 aliphatic rings. The highest BCUT2D eigenvalue weighted by molar-refractivity contribution is 6.32. The van der Waals surface area contributed by atoms with E-state index < -0.39 is 0 Å². The van der Waals surface area contributed by atoms with Crippen molar-refractivity contribution >= 4 is 28.8 Å². The van der Waals surface area contributed by atoms with Gasteiger partial charge in [-0.25, -0.2) is 9.97 Å². The van der Waals surface area contributed by atoms with E-state index in [1.165, 1.54) is 0 Å². The number of nitrogen functional groups attached to an aromatic ring is 1. The van der Waals surface area contributed by atoms with Crippen LogP contribution in [0.1, 0.15) is 5.82 Å². The van der Waals surface area contributed by atoms with Crippen molar-refractivity contribution in [1.29, 1.82) is 0 Å². The van der Waals surface area contributed by atoms with Gasteiger partial charge in [0.2, 0.25) is 0 Å². The Bertz CT molecular complexity index is 574. The molecule has 3 N–H and O–H groups in total. The monoisotopic (exact) mass is 264 g/mol. The third-order valence-electron chi connectivity index (χ3n) is 2.37. The quantitative estimate of drug-likeness (QED) is 0.834. The molecule has 0 unspecified atom stereocenters.